The monoisotopic (exact) mass is 238 g/mol. The molecule has 18 heavy (non-hydrogen) atoms. The Morgan fingerprint density at radius 2 is 1.94 bits per heavy atom. The Balaban J connectivity index is 1.71. The maximum absolute atomic E-state index is 4.04. The van der Waals surface area contributed by atoms with E-state index in [0.717, 1.165) is 12.2 Å². The van der Waals surface area contributed by atoms with Crippen LogP contribution in [0.5, 0.6) is 0 Å². The molecule has 0 saturated heterocycles. The summed E-state index contributed by atoms with van der Waals surface area (Å²) in [5.41, 5.74) is 4.23. The van der Waals surface area contributed by atoms with E-state index < -0.39 is 0 Å². The predicted octanol–water partition coefficient (Wildman–Crippen LogP) is 3.61. The van der Waals surface area contributed by atoms with E-state index in [1.807, 2.05) is 24.5 Å². The van der Waals surface area contributed by atoms with Crippen molar-refractivity contribution in [2.75, 3.05) is 11.9 Å². The van der Waals surface area contributed by atoms with Crippen LogP contribution in [-0.2, 0) is 6.42 Å². The average Bonchev–Trinajstić information content (AvgIpc) is 2.46. The third kappa shape index (κ3) is 2.37. The van der Waals surface area contributed by atoms with Crippen molar-refractivity contribution in [1.82, 2.24) is 4.98 Å². The van der Waals surface area contributed by atoms with Crippen molar-refractivity contribution >= 4 is 5.69 Å². The van der Waals surface area contributed by atoms with Crippen LogP contribution in [0.15, 0.2) is 48.8 Å². The third-order valence-electron chi connectivity index (χ3n) is 3.73. The molecular formula is C16H18N2. The molecule has 0 radical (unpaired) electrons. The first-order valence-electron chi connectivity index (χ1n) is 6.65. The zero-order valence-electron chi connectivity index (χ0n) is 10.5. The van der Waals surface area contributed by atoms with E-state index in [4.69, 9.17) is 0 Å². The van der Waals surface area contributed by atoms with Gasteiger partial charge in [0.05, 0.1) is 0 Å². The average molecular weight is 238 g/mol. The molecular weight excluding hydrogens is 220 g/mol. The lowest BCUT2D eigenvalue weighted by Crippen LogP contribution is -2.18. The summed E-state index contributed by atoms with van der Waals surface area (Å²) in [6.07, 6.45) is 7.49. The molecule has 1 unspecified atom stereocenters. The lowest BCUT2D eigenvalue weighted by Gasteiger charge is -2.26. The molecule has 0 fully saturated rings. The predicted molar refractivity (Wildman–Crippen MR) is 74.8 cm³/mol. The fraction of sp³-hybridized carbons (Fsp3) is 0.312. The van der Waals surface area contributed by atoms with E-state index in [2.05, 4.69) is 34.6 Å². The number of aryl methyl sites for hydroxylation is 1. The lowest BCUT2D eigenvalue weighted by atomic mass is 9.83. The van der Waals surface area contributed by atoms with Crippen LogP contribution in [0.3, 0.4) is 0 Å². The molecule has 0 amide bonds. The van der Waals surface area contributed by atoms with E-state index in [1.165, 1.54) is 30.4 Å². The maximum atomic E-state index is 4.04. The lowest BCUT2D eigenvalue weighted by molar-refractivity contribution is 0.572. The normalized spacial score (nSPS) is 18.1. The summed E-state index contributed by atoms with van der Waals surface area (Å²) in [7, 11) is 0. The summed E-state index contributed by atoms with van der Waals surface area (Å²) in [6.45, 7) is 1.01. The number of hydrogen-bond acceptors (Lipinski definition) is 2. The molecule has 0 aliphatic heterocycles. The quantitative estimate of drug-likeness (QED) is 0.883. The number of anilines is 1. The second kappa shape index (κ2) is 5.21. The van der Waals surface area contributed by atoms with Crippen molar-refractivity contribution in [3.63, 3.8) is 0 Å². The minimum Gasteiger partial charge on any atom is -0.384 e. The highest BCUT2D eigenvalue weighted by atomic mass is 14.9. The Bertz CT molecular complexity index is 508. The Kier molecular flexibility index (Phi) is 3.26. The van der Waals surface area contributed by atoms with Crippen LogP contribution in [0.1, 0.15) is 29.9 Å². The van der Waals surface area contributed by atoms with E-state index >= 15 is 0 Å². The van der Waals surface area contributed by atoms with Crippen LogP contribution in [0.2, 0.25) is 0 Å². The van der Waals surface area contributed by atoms with E-state index in [9.17, 15) is 0 Å². The molecule has 1 N–H and O–H groups in total. The molecule has 92 valence electrons. The first kappa shape index (κ1) is 11.3. The number of aromatic nitrogens is 1. The van der Waals surface area contributed by atoms with Crippen LogP contribution in [0.25, 0.3) is 0 Å². The van der Waals surface area contributed by atoms with Gasteiger partial charge in [0.15, 0.2) is 0 Å². The molecule has 1 heterocycles. The van der Waals surface area contributed by atoms with Gasteiger partial charge in [0.2, 0.25) is 0 Å². The van der Waals surface area contributed by atoms with E-state index in [-0.39, 0.29) is 0 Å². The Morgan fingerprint density at radius 3 is 2.83 bits per heavy atom. The van der Waals surface area contributed by atoms with Crippen molar-refractivity contribution in [1.29, 1.82) is 0 Å². The summed E-state index contributed by atoms with van der Waals surface area (Å²) in [5, 5.41) is 3.52. The van der Waals surface area contributed by atoms with Gasteiger partial charge in [-0.15, -0.1) is 0 Å². The van der Waals surface area contributed by atoms with E-state index in [1.54, 1.807) is 0 Å². The van der Waals surface area contributed by atoms with Gasteiger partial charge in [-0.2, -0.15) is 0 Å². The second-order valence-corrected chi connectivity index (χ2v) is 4.90. The molecule has 2 heteroatoms. The van der Waals surface area contributed by atoms with Crippen LogP contribution in [0.4, 0.5) is 5.69 Å². The zero-order chi connectivity index (χ0) is 12.2. The number of nitrogens with zero attached hydrogens (tertiary/aromatic N) is 1. The molecule has 2 nitrogen and oxygen atoms in total. The largest absolute Gasteiger partial charge is 0.384 e. The highest BCUT2D eigenvalue weighted by molar-refractivity contribution is 5.42. The van der Waals surface area contributed by atoms with Gasteiger partial charge in [-0.1, -0.05) is 24.3 Å². The minimum atomic E-state index is 0.642. The van der Waals surface area contributed by atoms with Crippen LogP contribution >= 0.6 is 0 Å². The fourth-order valence-corrected chi connectivity index (χ4v) is 2.78. The summed E-state index contributed by atoms with van der Waals surface area (Å²) >= 11 is 0. The molecule has 0 saturated carbocycles. The van der Waals surface area contributed by atoms with Gasteiger partial charge in [0, 0.05) is 30.5 Å². The number of nitrogens with one attached hydrogen (secondary N) is 1. The Labute approximate surface area is 108 Å². The molecule has 3 rings (SSSR count). The number of hydrogen-bond donors (Lipinski definition) is 1. The second-order valence-electron chi connectivity index (χ2n) is 4.90. The van der Waals surface area contributed by atoms with E-state index in [0.29, 0.717) is 5.92 Å². The number of rotatable bonds is 3. The van der Waals surface area contributed by atoms with Crippen molar-refractivity contribution < 1.29 is 0 Å². The molecule has 1 atom stereocenters. The molecule has 1 aromatic heterocycles. The standard InChI is InChI=1S/C16H18N2/c1-2-7-16-13(4-1)5-3-6-14(16)12-18-15-8-10-17-11-9-15/h1-2,4,7-11,14H,3,5-6,12H2,(H,17,18). The van der Waals surface area contributed by atoms with Gasteiger partial charge in [-0.25, -0.2) is 0 Å². The van der Waals surface area contributed by atoms with Crippen LogP contribution in [0, 0.1) is 0 Å². The first-order valence-corrected chi connectivity index (χ1v) is 6.65. The highest BCUT2D eigenvalue weighted by Gasteiger charge is 2.19. The number of pyridine rings is 1. The summed E-state index contributed by atoms with van der Waals surface area (Å²) < 4.78 is 0. The Morgan fingerprint density at radius 1 is 1.11 bits per heavy atom. The third-order valence-corrected chi connectivity index (χ3v) is 3.73. The number of benzene rings is 1. The molecule has 1 aliphatic carbocycles. The van der Waals surface area contributed by atoms with Gasteiger partial charge < -0.3 is 5.32 Å². The highest BCUT2D eigenvalue weighted by Crippen LogP contribution is 2.31. The molecule has 0 spiro atoms. The van der Waals surface area contributed by atoms with Crippen LogP contribution < -0.4 is 5.32 Å². The van der Waals surface area contributed by atoms with Gasteiger partial charge >= 0.3 is 0 Å². The maximum Gasteiger partial charge on any atom is 0.0371 e. The summed E-state index contributed by atoms with van der Waals surface area (Å²) in [5.74, 6) is 0.642. The molecule has 1 aliphatic rings. The molecule has 1 aromatic carbocycles. The molecule has 0 bridgehead atoms. The first-order chi connectivity index (χ1) is 8.93. The van der Waals surface area contributed by atoms with Gasteiger partial charge in [0.1, 0.15) is 0 Å². The molecule has 2 aromatic rings. The SMILES string of the molecule is c1ccc2c(c1)CCCC2CNc1ccncc1. The van der Waals surface area contributed by atoms with Crippen molar-refractivity contribution in [3.05, 3.63) is 59.9 Å². The Hall–Kier alpha value is -1.83. The summed E-state index contributed by atoms with van der Waals surface area (Å²) in [4.78, 5) is 4.04. The van der Waals surface area contributed by atoms with Crippen molar-refractivity contribution in [2.24, 2.45) is 0 Å². The fourth-order valence-electron chi connectivity index (χ4n) is 2.78. The number of fused-ring (bicyclic) bond motifs is 1. The minimum absolute atomic E-state index is 0.642. The van der Waals surface area contributed by atoms with Crippen molar-refractivity contribution in [3.8, 4) is 0 Å². The van der Waals surface area contributed by atoms with Crippen LogP contribution in [-0.4, -0.2) is 11.5 Å². The smallest absolute Gasteiger partial charge is 0.0371 e. The summed E-state index contributed by atoms with van der Waals surface area (Å²) in [6, 6.07) is 12.9. The zero-order valence-corrected chi connectivity index (χ0v) is 10.5. The van der Waals surface area contributed by atoms with Gasteiger partial charge in [0.25, 0.3) is 0 Å². The van der Waals surface area contributed by atoms with Gasteiger partial charge in [-0.05, 0) is 42.5 Å². The topological polar surface area (TPSA) is 24.9 Å². The van der Waals surface area contributed by atoms with Crippen molar-refractivity contribution in [2.45, 2.75) is 25.2 Å². The van der Waals surface area contributed by atoms with Gasteiger partial charge in [-0.3, -0.25) is 4.98 Å².